The minimum absolute atomic E-state index is 0.0481. The molecule has 0 radical (unpaired) electrons. The second-order valence-electron chi connectivity index (χ2n) is 17.5. The normalized spacial score (nSPS) is 14.2. The minimum atomic E-state index is -4.53. The molecule has 0 saturated heterocycles. The number of carbonyl (C=O) groups is 1. The van der Waals surface area contributed by atoms with E-state index < -0.39 is 33.2 Å². The predicted octanol–water partition coefficient (Wildman–Crippen LogP) is 15.3. The second kappa shape index (κ2) is 49.8. The lowest BCUT2D eigenvalue weighted by atomic mass is 10.0. The summed E-state index contributed by atoms with van der Waals surface area (Å²) in [7, 11) is -4.53. The number of unbranched alkanes of at least 4 members (excludes halogenated alkanes) is 28. The Kier molecular flexibility index (Phi) is 48.6. The lowest BCUT2D eigenvalue weighted by Gasteiger charge is -2.20. The molecular formula is C53H99O9P. The Hall–Kier alpha value is -1.58. The van der Waals surface area contributed by atoms with Crippen molar-refractivity contribution in [3.63, 3.8) is 0 Å². The molecular weight excluding hydrogens is 812 g/mol. The fourth-order valence-electron chi connectivity index (χ4n) is 7.35. The first-order valence-corrected chi connectivity index (χ1v) is 27.6. The molecule has 10 heteroatoms. The number of phosphoric acid groups is 1. The summed E-state index contributed by atoms with van der Waals surface area (Å²) in [5.41, 5.74) is 0. The molecule has 0 bridgehead atoms. The molecule has 0 amide bonds. The molecule has 0 spiro atoms. The topological polar surface area (TPSA) is 132 Å². The Labute approximate surface area is 388 Å². The van der Waals surface area contributed by atoms with Crippen LogP contribution in [0.3, 0.4) is 0 Å². The lowest BCUT2D eigenvalue weighted by molar-refractivity contribution is -0.154. The van der Waals surface area contributed by atoms with Crippen molar-refractivity contribution >= 4 is 13.8 Å². The highest BCUT2D eigenvalue weighted by Crippen LogP contribution is 2.43. The van der Waals surface area contributed by atoms with Crippen molar-refractivity contribution in [3.05, 3.63) is 48.6 Å². The summed E-state index contributed by atoms with van der Waals surface area (Å²) in [6.07, 6.45) is 57.9. The van der Waals surface area contributed by atoms with Crippen molar-refractivity contribution in [2.75, 3.05) is 33.0 Å². The Morgan fingerprint density at radius 3 is 1.37 bits per heavy atom. The monoisotopic (exact) mass is 911 g/mol. The van der Waals surface area contributed by atoms with Crippen molar-refractivity contribution in [1.29, 1.82) is 0 Å². The van der Waals surface area contributed by atoms with E-state index in [-0.39, 0.29) is 25.6 Å². The number of hydrogen-bond donors (Lipinski definition) is 3. The van der Waals surface area contributed by atoms with Gasteiger partial charge in [0.2, 0.25) is 0 Å². The first kappa shape index (κ1) is 61.4. The average Bonchev–Trinajstić information content (AvgIpc) is 3.28. The van der Waals surface area contributed by atoms with Crippen LogP contribution in [0.4, 0.5) is 0 Å². The summed E-state index contributed by atoms with van der Waals surface area (Å²) in [5.74, 6) is -0.387. The smallest absolute Gasteiger partial charge is 0.457 e. The van der Waals surface area contributed by atoms with E-state index >= 15 is 0 Å². The largest absolute Gasteiger partial charge is 0.472 e. The van der Waals surface area contributed by atoms with Gasteiger partial charge in [0.05, 0.1) is 26.4 Å². The van der Waals surface area contributed by atoms with Crippen LogP contribution >= 0.6 is 7.82 Å². The molecule has 0 aromatic rings. The Morgan fingerprint density at radius 1 is 0.508 bits per heavy atom. The van der Waals surface area contributed by atoms with Crippen molar-refractivity contribution in [3.8, 4) is 0 Å². The molecule has 0 aromatic carbocycles. The van der Waals surface area contributed by atoms with Gasteiger partial charge in [0.25, 0.3) is 0 Å². The summed E-state index contributed by atoms with van der Waals surface area (Å²) in [6, 6.07) is 0. The summed E-state index contributed by atoms with van der Waals surface area (Å²) < 4.78 is 33.6. The second-order valence-corrected chi connectivity index (χ2v) is 19.0. The molecule has 0 aliphatic rings. The zero-order valence-electron chi connectivity index (χ0n) is 40.8. The van der Waals surface area contributed by atoms with Crippen molar-refractivity contribution in [1.82, 2.24) is 0 Å². The quantitative estimate of drug-likeness (QED) is 0.0236. The molecule has 0 aliphatic heterocycles. The van der Waals surface area contributed by atoms with Gasteiger partial charge in [0.15, 0.2) is 0 Å². The van der Waals surface area contributed by atoms with Gasteiger partial charge < -0.3 is 24.6 Å². The zero-order valence-corrected chi connectivity index (χ0v) is 41.7. The zero-order chi connectivity index (χ0) is 46.0. The summed E-state index contributed by atoms with van der Waals surface area (Å²) >= 11 is 0. The molecule has 0 aliphatic carbocycles. The highest BCUT2D eigenvalue weighted by atomic mass is 31.2. The van der Waals surface area contributed by atoms with Gasteiger partial charge in [0, 0.05) is 13.0 Å². The lowest BCUT2D eigenvalue weighted by Crippen LogP contribution is -2.29. The maximum Gasteiger partial charge on any atom is 0.472 e. The summed E-state index contributed by atoms with van der Waals surface area (Å²) in [4.78, 5) is 22.7. The van der Waals surface area contributed by atoms with Gasteiger partial charge in [-0.05, 0) is 51.4 Å². The Balaban J connectivity index is 4.06. The first-order chi connectivity index (χ1) is 30.8. The minimum Gasteiger partial charge on any atom is -0.457 e. The van der Waals surface area contributed by atoms with Crippen LogP contribution in [0, 0.1) is 0 Å². The van der Waals surface area contributed by atoms with Gasteiger partial charge in [0.1, 0.15) is 12.2 Å². The molecule has 0 fully saturated rings. The van der Waals surface area contributed by atoms with E-state index in [4.69, 9.17) is 23.6 Å². The maximum absolute atomic E-state index is 12.7. The molecule has 3 N–H and O–H groups in total. The standard InChI is InChI=1S/C53H99O9P/c1-3-5-7-9-11-13-15-17-19-21-23-25-27-29-31-33-35-37-39-41-43-45-53(56)62-52(50-61-63(57,58)60-48-51(55)47-54)49-59-46-44-42-40-38-36-34-32-30-28-26-24-22-20-18-16-14-12-10-8-6-4-2/h5,7,11,13,17,19,23,25,51-52,54-55H,3-4,6,8-10,12,14-16,18,20-22,24,26-50H2,1-2H3,(H,57,58)/b7-5-,13-11-,19-17-,25-23-. The highest BCUT2D eigenvalue weighted by Gasteiger charge is 2.26. The van der Waals surface area contributed by atoms with Crippen LogP contribution in [0.15, 0.2) is 48.6 Å². The number of aliphatic hydroxyl groups is 2. The van der Waals surface area contributed by atoms with Crippen LogP contribution in [0.1, 0.15) is 239 Å². The highest BCUT2D eigenvalue weighted by molar-refractivity contribution is 7.47. The number of aliphatic hydroxyl groups excluding tert-OH is 2. The van der Waals surface area contributed by atoms with Gasteiger partial charge in [-0.15, -0.1) is 0 Å². The molecule has 0 heterocycles. The average molecular weight is 911 g/mol. The summed E-state index contributed by atoms with van der Waals surface area (Å²) in [6.45, 7) is 3.44. The van der Waals surface area contributed by atoms with Gasteiger partial charge in [-0.2, -0.15) is 0 Å². The fourth-order valence-corrected chi connectivity index (χ4v) is 8.14. The molecule has 63 heavy (non-hydrogen) atoms. The molecule has 370 valence electrons. The number of ether oxygens (including phenoxy) is 2. The first-order valence-electron chi connectivity index (χ1n) is 26.1. The van der Waals surface area contributed by atoms with Gasteiger partial charge in [-0.3, -0.25) is 13.8 Å². The molecule has 3 atom stereocenters. The van der Waals surface area contributed by atoms with Gasteiger partial charge in [-0.25, -0.2) is 4.57 Å². The number of rotatable bonds is 50. The van der Waals surface area contributed by atoms with Gasteiger partial charge >= 0.3 is 13.8 Å². The van der Waals surface area contributed by atoms with E-state index in [9.17, 15) is 19.4 Å². The third-order valence-electron chi connectivity index (χ3n) is 11.3. The van der Waals surface area contributed by atoms with Crippen LogP contribution in [0.5, 0.6) is 0 Å². The third kappa shape index (κ3) is 49.7. The molecule has 0 saturated carbocycles. The van der Waals surface area contributed by atoms with Crippen molar-refractivity contribution in [2.45, 2.75) is 251 Å². The van der Waals surface area contributed by atoms with Crippen molar-refractivity contribution < 1.29 is 43.0 Å². The van der Waals surface area contributed by atoms with E-state index in [2.05, 4.69) is 62.5 Å². The fraction of sp³-hybridized carbons (Fsp3) is 0.830. The van der Waals surface area contributed by atoms with E-state index in [1.54, 1.807) is 0 Å². The third-order valence-corrected chi connectivity index (χ3v) is 12.2. The number of esters is 1. The van der Waals surface area contributed by atoms with Crippen LogP contribution in [0.25, 0.3) is 0 Å². The Bertz CT molecular complexity index is 1120. The number of allylic oxidation sites excluding steroid dienone is 8. The van der Waals surface area contributed by atoms with E-state index in [0.717, 1.165) is 70.6 Å². The number of carbonyl (C=O) groups excluding carboxylic acids is 1. The van der Waals surface area contributed by atoms with Crippen LogP contribution in [-0.4, -0.2) is 66.3 Å². The van der Waals surface area contributed by atoms with Crippen LogP contribution < -0.4 is 0 Å². The Morgan fingerprint density at radius 2 is 0.905 bits per heavy atom. The number of hydrogen-bond acceptors (Lipinski definition) is 8. The number of phosphoric ester groups is 1. The van der Waals surface area contributed by atoms with E-state index in [1.807, 2.05) is 0 Å². The maximum atomic E-state index is 12.7. The molecule has 3 unspecified atom stereocenters. The molecule has 9 nitrogen and oxygen atoms in total. The predicted molar refractivity (Wildman–Crippen MR) is 265 cm³/mol. The molecule has 0 rings (SSSR count). The van der Waals surface area contributed by atoms with E-state index in [0.29, 0.717) is 6.61 Å². The SMILES string of the molecule is CC/C=C\C/C=C\C/C=C\C/C=C\CCCCCCCCCCC(=O)OC(COCCCCCCCCCCCCCCCCCCCCCCC)COP(=O)(O)OCC(O)CO. The summed E-state index contributed by atoms with van der Waals surface area (Å²) in [5, 5.41) is 18.4. The molecule has 0 aromatic heterocycles. The van der Waals surface area contributed by atoms with Gasteiger partial charge in [-0.1, -0.05) is 229 Å². The van der Waals surface area contributed by atoms with Crippen LogP contribution in [0.2, 0.25) is 0 Å². The van der Waals surface area contributed by atoms with Crippen molar-refractivity contribution in [2.24, 2.45) is 0 Å². The van der Waals surface area contributed by atoms with E-state index in [1.165, 1.54) is 148 Å². The van der Waals surface area contributed by atoms with Crippen LogP contribution in [-0.2, 0) is 27.9 Å².